The van der Waals surface area contributed by atoms with Crippen molar-refractivity contribution in [1.82, 2.24) is 20.2 Å². The molecule has 0 saturated heterocycles. The number of carbonyl (C=O) groups is 1. The Labute approximate surface area is 140 Å². The van der Waals surface area contributed by atoms with E-state index in [0.717, 1.165) is 7.05 Å². The van der Waals surface area contributed by atoms with Gasteiger partial charge < -0.3 is 5.11 Å². The molecule has 0 aliphatic heterocycles. The van der Waals surface area contributed by atoms with Gasteiger partial charge in [0, 0.05) is 13.1 Å². The topological polar surface area (TPSA) is 129 Å². The van der Waals surface area contributed by atoms with Crippen molar-refractivity contribution in [3.8, 4) is 5.06 Å². The SMILES string of the molecule is CC(=NNC(=O)c1cc(C(F)(F)F)n(C)n1)c1c(O)sc(=O)[nH]c1=O. The summed E-state index contributed by atoms with van der Waals surface area (Å²) in [5.41, 5.74) is -1.16. The maximum absolute atomic E-state index is 12.7. The molecule has 0 aliphatic rings. The number of alkyl halides is 3. The monoisotopic (exact) mass is 377 g/mol. The van der Waals surface area contributed by atoms with Gasteiger partial charge in [0.1, 0.15) is 11.3 Å². The molecule has 0 unspecified atom stereocenters. The van der Waals surface area contributed by atoms with Crippen LogP contribution >= 0.6 is 11.3 Å². The molecule has 134 valence electrons. The summed E-state index contributed by atoms with van der Waals surface area (Å²) in [7, 11) is 1.03. The molecule has 25 heavy (non-hydrogen) atoms. The minimum Gasteiger partial charge on any atom is -0.499 e. The molecule has 13 heteroatoms. The van der Waals surface area contributed by atoms with Gasteiger partial charge in [-0.05, 0) is 18.3 Å². The molecule has 0 atom stereocenters. The summed E-state index contributed by atoms with van der Waals surface area (Å²) >= 11 is 0.350. The molecule has 1 amide bonds. The second-order valence-corrected chi connectivity index (χ2v) is 5.66. The molecular formula is C12H10F3N5O4S. The van der Waals surface area contributed by atoms with Gasteiger partial charge in [-0.3, -0.25) is 24.0 Å². The van der Waals surface area contributed by atoms with Crippen molar-refractivity contribution < 1.29 is 23.1 Å². The first-order chi connectivity index (χ1) is 11.5. The number of hydrazone groups is 1. The molecule has 2 aromatic rings. The zero-order valence-corrected chi connectivity index (χ0v) is 13.4. The highest BCUT2D eigenvalue weighted by molar-refractivity contribution is 7.11. The van der Waals surface area contributed by atoms with E-state index in [9.17, 15) is 32.7 Å². The predicted octanol–water partition coefficient (Wildman–Crippen LogP) is 0.408. The molecule has 0 radical (unpaired) electrons. The summed E-state index contributed by atoms with van der Waals surface area (Å²) in [5, 5.41) is 16.0. The number of aromatic hydroxyl groups is 1. The Morgan fingerprint density at radius 1 is 1.44 bits per heavy atom. The van der Waals surface area contributed by atoms with E-state index in [0.29, 0.717) is 22.1 Å². The number of rotatable bonds is 3. The number of amides is 1. The van der Waals surface area contributed by atoms with Crippen LogP contribution in [-0.2, 0) is 13.2 Å². The number of carbonyl (C=O) groups excluding carboxylic acids is 1. The van der Waals surface area contributed by atoms with Crippen LogP contribution in [0.15, 0.2) is 20.8 Å². The van der Waals surface area contributed by atoms with Gasteiger partial charge >= 0.3 is 11.0 Å². The van der Waals surface area contributed by atoms with E-state index >= 15 is 0 Å². The van der Waals surface area contributed by atoms with E-state index < -0.39 is 39.0 Å². The van der Waals surface area contributed by atoms with Gasteiger partial charge in [-0.1, -0.05) is 0 Å². The lowest BCUT2D eigenvalue weighted by atomic mass is 10.2. The lowest BCUT2D eigenvalue weighted by Gasteiger charge is -2.04. The van der Waals surface area contributed by atoms with Crippen LogP contribution < -0.4 is 15.9 Å². The van der Waals surface area contributed by atoms with E-state index in [1.54, 1.807) is 0 Å². The van der Waals surface area contributed by atoms with Crippen molar-refractivity contribution in [3.05, 3.63) is 43.0 Å². The fourth-order valence-electron chi connectivity index (χ4n) is 1.83. The molecule has 2 heterocycles. The summed E-state index contributed by atoms with van der Waals surface area (Å²) in [6, 6.07) is 0.540. The van der Waals surface area contributed by atoms with Crippen LogP contribution in [0.25, 0.3) is 0 Å². The van der Waals surface area contributed by atoms with Crippen molar-refractivity contribution in [2.24, 2.45) is 12.1 Å². The van der Waals surface area contributed by atoms with Crippen LogP contribution in [0.3, 0.4) is 0 Å². The van der Waals surface area contributed by atoms with Crippen molar-refractivity contribution in [2.75, 3.05) is 0 Å². The Morgan fingerprint density at radius 3 is 2.60 bits per heavy atom. The summed E-state index contributed by atoms with van der Waals surface area (Å²) in [6.45, 7) is 1.25. The number of hydrogen-bond donors (Lipinski definition) is 3. The number of halogens is 3. The van der Waals surface area contributed by atoms with Crippen LogP contribution in [0.1, 0.15) is 28.7 Å². The van der Waals surface area contributed by atoms with E-state index in [-0.39, 0.29) is 11.3 Å². The molecule has 0 fully saturated rings. The maximum atomic E-state index is 12.7. The third-order valence-electron chi connectivity index (χ3n) is 2.94. The molecule has 0 aliphatic carbocycles. The Hall–Kier alpha value is -2.96. The van der Waals surface area contributed by atoms with E-state index in [4.69, 9.17) is 0 Å². The highest BCUT2D eigenvalue weighted by atomic mass is 32.1. The Morgan fingerprint density at radius 2 is 2.08 bits per heavy atom. The summed E-state index contributed by atoms with van der Waals surface area (Å²) < 4.78 is 38.5. The summed E-state index contributed by atoms with van der Waals surface area (Å²) in [6.07, 6.45) is -4.68. The zero-order chi connectivity index (χ0) is 18.9. The highest BCUT2D eigenvalue weighted by Gasteiger charge is 2.35. The first kappa shape index (κ1) is 18.4. The molecule has 3 N–H and O–H groups in total. The first-order valence-electron chi connectivity index (χ1n) is 6.43. The molecule has 2 aromatic heterocycles. The smallest absolute Gasteiger partial charge is 0.433 e. The average molecular weight is 377 g/mol. The minimum absolute atomic E-state index is 0.157. The Bertz CT molecular complexity index is 972. The molecule has 0 saturated carbocycles. The van der Waals surface area contributed by atoms with Crippen molar-refractivity contribution in [2.45, 2.75) is 13.1 Å². The first-order valence-corrected chi connectivity index (χ1v) is 7.25. The number of nitrogens with zero attached hydrogens (tertiary/aromatic N) is 3. The predicted molar refractivity (Wildman–Crippen MR) is 80.8 cm³/mol. The van der Waals surface area contributed by atoms with Crippen LogP contribution in [0, 0.1) is 0 Å². The van der Waals surface area contributed by atoms with Crippen LogP contribution in [-0.4, -0.2) is 31.5 Å². The van der Waals surface area contributed by atoms with E-state index in [1.165, 1.54) is 6.92 Å². The lowest BCUT2D eigenvalue weighted by molar-refractivity contribution is -0.143. The number of nitrogens with one attached hydrogen (secondary N) is 2. The zero-order valence-electron chi connectivity index (χ0n) is 12.6. The molecule has 0 spiro atoms. The third-order valence-corrected chi connectivity index (χ3v) is 3.62. The standard InChI is InChI=1S/C12H10F3N5O4S/c1-4(7-9(22)16-11(24)25-10(7)23)17-18-8(21)5-3-6(12(13,14)15)20(2)19-5/h3,23H,1-2H3,(H,18,21)(H,16,22,24). The van der Waals surface area contributed by atoms with E-state index in [1.807, 2.05) is 10.4 Å². The summed E-state index contributed by atoms with van der Waals surface area (Å²) in [4.78, 5) is 35.7. The van der Waals surface area contributed by atoms with Gasteiger partial charge in [0.2, 0.25) is 0 Å². The van der Waals surface area contributed by atoms with Gasteiger partial charge in [-0.15, -0.1) is 0 Å². The molecular weight excluding hydrogens is 367 g/mol. The Balaban J connectivity index is 2.26. The second-order valence-electron chi connectivity index (χ2n) is 4.70. The minimum atomic E-state index is -4.68. The van der Waals surface area contributed by atoms with Gasteiger partial charge in [0.15, 0.2) is 10.8 Å². The van der Waals surface area contributed by atoms with Crippen LogP contribution in [0.4, 0.5) is 13.2 Å². The Kier molecular flexibility index (Phi) is 4.78. The molecule has 9 nitrogen and oxygen atoms in total. The molecule has 0 aromatic carbocycles. The number of aromatic amines is 1. The van der Waals surface area contributed by atoms with Gasteiger partial charge in [0.05, 0.1) is 5.71 Å². The second kappa shape index (κ2) is 6.51. The number of H-pyrrole nitrogens is 1. The van der Waals surface area contributed by atoms with Crippen LogP contribution in [0.2, 0.25) is 0 Å². The van der Waals surface area contributed by atoms with Crippen molar-refractivity contribution in [1.29, 1.82) is 0 Å². The van der Waals surface area contributed by atoms with Crippen LogP contribution in [0.5, 0.6) is 5.06 Å². The maximum Gasteiger partial charge on any atom is 0.433 e. The average Bonchev–Trinajstić information content (AvgIpc) is 2.85. The molecule has 2 rings (SSSR count). The quantitative estimate of drug-likeness (QED) is 0.527. The van der Waals surface area contributed by atoms with Crippen molar-refractivity contribution >= 4 is 23.0 Å². The third kappa shape index (κ3) is 3.93. The number of aromatic nitrogens is 3. The fourth-order valence-corrected chi connectivity index (χ4v) is 2.49. The normalized spacial score (nSPS) is 12.3. The van der Waals surface area contributed by atoms with E-state index in [2.05, 4.69) is 10.2 Å². The highest BCUT2D eigenvalue weighted by Crippen LogP contribution is 2.29. The molecule has 0 bridgehead atoms. The number of hydrogen-bond acceptors (Lipinski definition) is 7. The largest absolute Gasteiger partial charge is 0.499 e. The van der Waals surface area contributed by atoms with Gasteiger partial charge in [-0.25, -0.2) is 5.43 Å². The van der Waals surface area contributed by atoms with Gasteiger partial charge in [0.25, 0.3) is 11.5 Å². The number of aryl methyl sites for hydroxylation is 1. The fraction of sp³-hybridized carbons (Fsp3) is 0.250. The lowest BCUT2D eigenvalue weighted by Crippen LogP contribution is -2.25. The van der Waals surface area contributed by atoms with Crippen molar-refractivity contribution in [3.63, 3.8) is 0 Å². The summed E-state index contributed by atoms with van der Waals surface area (Å²) in [5.74, 6) is -1.05. The van der Waals surface area contributed by atoms with Gasteiger partial charge in [-0.2, -0.15) is 23.4 Å².